The first-order valence-corrected chi connectivity index (χ1v) is 8.62. The van der Waals surface area contributed by atoms with Gasteiger partial charge in [0.1, 0.15) is 0 Å². The Morgan fingerprint density at radius 3 is 2.17 bits per heavy atom. The van der Waals surface area contributed by atoms with Gasteiger partial charge in [-0.3, -0.25) is 19.7 Å². The summed E-state index contributed by atoms with van der Waals surface area (Å²) in [6, 6.07) is 4.63. The van der Waals surface area contributed by atoms with Crippen LogP contribution in [-0.4, -0.2) is 16.7 Å². The van der Waals surface area contributed by atoms with E-state index in [0.717, 1.165) is 12.8 Å². The van der Waals surface area contributed by atoms with Gasteiger partial charge in [0.25, 0.3) is 5.69 Å². The van der Waals surface area contributed by atoms with Gasteiger partial charge in [0.05, 0.1) is 22.4 Å². The molecule has 2 amide bonds. The van der Waals surface area contributed by atoms with Crippen molar-refractivity contribution in [1.82, 2.24) is 0 Å². The molecule has 5 fully saturated rings. The lowest BCUT2D eigenvalue weighted by atomic mass is 9.59. The number of carbonyl (C=O) groups is 2. The molecule has 4 aliphatic carbocycles. The molecule has 6 heteroatoms. The maximum Gasteiger partial charge on any atom is 0.274 e. The molecule has 1 aliphatic heterocycles. The van der Waals surface area contributed by atoms with Crippen LogP contribution in [0.2, 0.25) is 0 Å². The summed E-state index contributed by atoms with van der Waals surface area (Å²) in [5.41, 5.74) is 0.833. The van der Waals surface area contributed by atoms with E-state index >= 15 is 0 Å². The molecule has 5 aliphatic rings. The maximum absolute atomic E-state index is 13.0. The number of nitro benzene ring substituents is 1. The number of benzene rings is 1. The number of aryl methyl sites for hydroxylation is 1. The lowest BCUT2D eigenvalue weighted by Crippen LogP contribution is -2.43. The second-order valence-electron chi connectivity index (χ2n) is 7.76. The molecule has 1 saturated heterocycles. The molecule has 6 rings (SSSR count). The molecule has 1 aromatic carbocycles. The predicted octanol–water partition coefficient (Wildman–Crippen LogP) is 2.68. The molecule has 124 valence electrons. The molecule has 1 heterocycles. The second-order valence-corrected chi connectivity index (χ2v) is 7.76. The van der Waals surface area contributed by atoms with Crippen molar-refractivity contribution in [2.45, 2.75) is 26.2 Å². The Morgan fingerprint density at radius 1 is 1.04 bits per heavy atom. The van der Waals surface area contributed by atoms with Crippen molar-refractivity contribution in [3.63, 3.8) is 0 Å². The summed E-state index contributed by atoms with van der Waals surface area (Å²) >= 11 is 0. The minimum Gasteiger partial charge on any atom is -0.274 e. The standard InChI is InChI=1S/C18H18N2O4/c1-8-2-3-9(6-14(8)20(23)24)19-17(21)15-10-4-5-11(13-7-12(10)13)16(15)18(19)22/h2-3,6,10-13,15-16H,4-5,7H2,1H3. The number of amides is 2. The van der Waals surface area contributed by atoms with Crippen LogP contribution in [0.4, 0.5) is 11.4 Å². The first-order chi connectivity index (χ1) is 11.5. The van der Waals surface area contributed by atoms with Gasteiger partial charge in [-0.05, 0) is 55.9 Å². The van der Waals surface area contributed by atoms with Crippen LogP contribution in [0.15, 0.2) is 18.2 Å². The Balaban J connectivity index is 1.56. The second kappa shape index (κ2) is 4.43. The van der Waals surface area contributed by atoms with Crippen LogP contribution in [0, 0.1) is 52.5 Å². The van der Waals surface area contributed by atoms with Crippen molar-refractivity contribution in [3.8, 4) is 0 Å². The fourth-order valence-corrected chi connectivity index (χ4v) is 5.73. The van der Waals surface area contributed by atoms with E-state index in [1.54, 1.807) is 19.1 Å². The smallest absolute Gasteiger partial charge is 0.274 e. The van der Waals surface area contributed by atoms with Gasteiger partial charge < -0.3 is 0 Å². The van der Waals surface area contributed by atoms with Crippen LogP contribution in [0.3, 0.4) is 0 Å². The maximum atomic E-state index is 13.0. The van der Waals surface area contributed by atoms with E-state index in [0.29, 0.717) is 34.9 Å². The van der Waals surface area contributed by atoms with Gasteiger partial charge in [-0.15, -0.1) is 0 Å². The number of rotatable bonds is 2. The van der Waals surface area contributed by atoms with Crippen LogP contribution in [-0.2, 0) is 9.59 Å². The Morgan fingerprint density at radius 2 is 1.62 bits per heavy atom. The molecule has 6 nitrogen and oxygen atoms in total. The van der Waals surface area contributed by atoms with Crippen LogP contribution in [0.1, 0.15) is 24.8 Å². The van der Waals surface area contributed by atoms with E-state index in [4.69, 9.17) is 0 Å². The van der Waals surface area contributed by atoms with Crippen LogP contribution < -0.4 is 4.90 Å². The minimum absolute atomic E-state index is 0.0474. The first kappa shape index (κ1) is 14.1. The number of nitro groups is 1. The third-order valence-corrected chi connectivity index (χ3v) is 6.79. The molecule has 0 spiro atoms. The van der Waals surface area contributed by atoms with Crippen LogP contribution in [0.5, 0.6) is 0 Å². The van der Waals surface area contributed by atoms with E-state index < -0.39 is 4.92 Å². The largest absolute Gasteiger partial charge is 0.274 e. The topological polar surface area (TPSA) is 80.5 Å². The third-order valence-electron chi connectivity index (χ3n) is 6.79. The van der Waals surface area contributed by atoms with E-state index in [-0.39, 0.29) is 29.3 Å². The predicted molar refractivity (Wildman–Crippen MR) is 85.1 cm³/mol. The molecular formula is C18H18N2O4. The van der Waals surface area contributed by atoms with Crippen LogP contribution >= 0.6 is 0 Å². The average molecular weight is 326 g/mol. The van der Waals surface area contributed by atoms with Gasteiger partial charge in [-0.2, -0.15) is 0 Å². The van der Waals surface area contributed by atoms with E-state index in [9.17, 15) is 19.7 Å². The normalized spacial score (nSPS) is 39.0. The van der Waals surface area contributed by atoms with Gasteiger partial charge in [-0.1, -0.05) is 6.07 Å². The zero-order chi connectivity index (χ0) is 16.7. The SMILES string of the molecule is Cc1ccc(N2C(=O)C3C4CCC(C5CC54)C3C2=O)cc1[N+](=O)[O-]. The summed E-state index contributed by atoms with van der Waals surface area (Å²) in [6.07, 6.45) is 3.28. The van der Waals surface area contributed by atoms with Gasteiger partial charge in [0.15, 0.2) is 0 Å². The van der Waals surface area contributed by atoms with Gasteiger partial charge >= 0.3 is 0 Å². The molecule has 0 N–H and O–H groups in total. The molecule has 0 aromatic heterocycles. The molecule has 1 aromatic rings. The summed E-state index contributed by atoms with van der Waals surface area (Å²) in [4.78, 5) is 38.0. The molecule has 6 atom stereocenters. The molecule has 0 radical (unpaired) electrons. The summed E-state index contributed by atoms with van der Waals surface area (Å²) in [6.45, 7) is 1.66. The highest BCUT2D eigenvalue weighted by Gasteiger charge is 2.68. The van der Waals surface area contributed by atoms with Crippen molar-refractivity contribution in [2.75, 3.05) is 4.90 Å². The molecule has 24 heavy (non-hydrogen) atoms. The zero-order valence-corrected chi connectivity index (χ0v) is 13.3. The number of carbonyl (C=O) groups excluding carboxylic acids is 2. The van der Waals surface area contributed by atoms with E-state index in [2.05, 4.69) is 0 Å². The van der Waals surface area contributed by atoms with Crippen molar-refractivity contribution < 1.29 is 14.5 Å². The highest BCUT2D eigenvalue weighted by Crippen LogP contribution is 2.68. The molecule has 6 unspecified atom stereocenters. The van der Waals surface area contributed by atoms with Crippen molar-refractivity contribution in [1.29, 1.82) is 0 Å². The van der Waals surface area contributed by atoms with Gasteiger partial charge in [0.2, 0.25) is 11.8 Å². The fourth-order valence-electron chi connectivity index (χ4n) is 5.73. The van der Waals surface area contributed by atoms with E-state index in [1.165, 1.54) is 17.4 Å². The van der Waals surface area contributed by atoms with Crippen molar-refractivity contribution in [3.05, 3.63) is 33.9 Å². The van der Waals surface area contributed by atoms with E-state index in [1.807, 2.05) is 0 Å². The Hall–Kier alpha value is -2.24. The summed E-state index contributed by atoms with van der Waals surface area (Å²) in [5.74, 6) is 1.29. The number of fused-ring (bicyclic) bond motifs is 1. The summed E-state index contributed by atoms with van der Waals surface area (Å²) < 4.78 is 0. The summed E-state index contributed by atoms with van der Waals surface area (Å²) in [7, 11) is 0. The first-order valence-electron chi connectivity index (χ1n) is 8.62. The Labute approximate surface area is 139 Å². The number of nitrogens with zero attached hydrogens (tertiary/aromatic N) is 2. The molecular weight excluding hydrogens is 308 g/mol. The fraction of sp³-hybridized carbons (Fsp3) is 0.556. The number of hydrogen-bond donors (Lipinski definition) is 0. The van der Waals surface area contributed by atoms with Crippen molar-refractivity contribution in [2.24, 2.45) is 35.5 Å². The Bertz CT molecular complexity index is 770. The third kappa shape index (κ3) is 1.61. The Kier molecular flexibility index (Phi) is 2.61. The molecule has 4 saturated carbocycles. The zero-order valence-electron chi connectivity index (χ0n) is 13.3. The van der Waals surface area contributed by atoms with Crippen molar-refractivity contribution >= 4 is 23.2 Å². The quantitative estimate of drug-likeness (QED) is 0.475. The van der Waals surface area contributed by atoms with Crippen LogP contribution in [0.25, 0.3) is 0 Å². The molecule has 2 bridgehead atoms. The average Bonchev–Trinajstić information content (AvgIpc) is 3.33. The number of anilines is 1. The minimum atomic E-state index is -0.463. The lowest BCUT2D eigenvalue weighted by molar-refractivity contribution is -0.385. The number of hydrogen-bond acceptors (Lipinski definition) is 4. The van der Waals surface area contributed by atoms with Gasteiger partial charge in [-0.25, -0.2) is 4.90 Å². The lowest BCUT2D eigenvalue weighted by Gasteiger charge is -2.42. The monoisotopic (exact) mass is 326 g/mol. The summed E-state index contributed by atoms with van der Waals surface area (Å²) in [5, 5.41) is 11.2. The number of imide groups is 1. The highest BCUT2D eigenvalue weighted by atomic mass is 16.6. The van der Waals surface area contributed by atoms with Gasteiger partial charge in [0, 0.05) is 11.6 Å². The highest BCUT2D eigenvalue weighted by molar-refractivity contribution is 6.22.